The van der Waals surface area contributed by atoms with Gasteiger partial charge >= 0.3 is 6.18 Å². The number of anilines is 1. The predicted molar refractivity (Wildman–Crippen MR) is 69.6 cm³/mol. The summed E-state index contributed by atoms with van der Waals surface area (Å²) in [4.78, 5) is 1.85. The zero-order chi connectivity index (χ0) is 14.0. The van der Waals surface area contributed by atoms with E-state index in [0.29, 0.717) is 25.2 Å². The van der Waals surface area contributed by atoms with Crippen molar-refractivity contribution in [3.05, 3.63) is 29.3 Å². The third-order valence-electron chi connectivity index (χ3n) is 3.66. The molecule has 106 valence electrons. The van der Waals surface area contributed by atoms with Crippen LogP contribution < -0.4 is 5.73 Å². The number of halogens is 3. The maximum atomic E-state index is 12.7. The Hall–Kier alpha value is -1.23. The molecule has 0 aromatic heterocycles. The Balaban J connectivity index is 2.05. The normalized spacial score (nSPS) is 21.6. The van der Waals surface area contributed by atoms with Gasteiger partial charge in [-0.05, 0) is 37.9 Å². The molecule has 0 amide bonds. The second-order valence-electron chi connectivity index (χ2n) is 5.32. The lowest BCUT2D eigenvalue weighted by Crippen LogP contribution is -2.41. The highest BCUT2D eigenvalue weighted by molar-refractivity contribution is 5.48. The van der Waals surface area contributed by atoms with Crippen molar-refractivity contribution in [2.45, 2.75) is 32.5 Å². The summed E-state index contributed by atoms with van der Waals surface area (Å²) in [6.45, 7) is 3.24. The summed E-state index contributed by atoms with van der Waals surface area (Å²) in [6.07, 6.45) is -3.25. The fourth-order valence-corrected chi connectivity index (χ4v) is 2.58. The van der Waals surface area contributed by atoms with Crippen LogP contribution in [0.4, 0.5) is 18.9 Å². The van der Waals surface area contributed by atoms with E-state index in [2.05, 4.69) is 0 Å². The molecule has 1 aliphatic rings. The molecule has 0 spiro atoms. The molecule has 2 rings (SSSR count). The van der Waals surface area contributed by atoms with Gasteiger partial charge in [-0.2, -0.15) is 13.2 Å². The van der Waals surface area contributed by atoms with Crippen LogP contribution in [0.25, 0.3) is 0 Å². The van der Waals surface area contributed by atoms with Gasteiger partial charge in [-0.1, -0.05) is 17.7 Å². The van der Waals surface area contributed by atoms with Crippen molar-refractivity contribution >= 4 is 5.69 Å². The van der Waals surface area contributed by atoms with Gasteiger partial charge in [-0.25, -0.2) is 0 Å². The van der Waals surface area contributed by atoms with E-state index in [1.165, 1.54) is 0 Å². The number of nitrogens with zero attached hydrogens (tertiary/aromatic N) is 1. The molecule has 1 aromatic carbocycles. The molecule has 1 saturated heterocycles. The Morgan fingerprint density at radius 3 is 2.79 bits per heavy atom. The van der Waals surface area contributed by atoms with E-state index in [1.807, 2.05) is 30.0 Å². The topological polar surface area (TPSA) is 29.3 Å². The van der Waals surface area contributed by atoms with Crippen molar-refractivity contribution in [3.63, 3.8) is 0 Å². The Kier molecular flexibility index (Phi) is 4.04. The summed E-state index contributed by atoms with van der Waals surface area (Å²) in [5.41, 5.74) is 8.53. The molecule has 2 nitrogen and oxygen atoms in total. The zero-order valence-corrected chi connectivity index (χ0v) is 11.0. The SMILES string of the molecule is Cc1ccc(N)c(CN2CCCC(C(F)(F)F)C2)c1. The number of hydrogen-bond donors (Lipinski definition) is 1. The van der Waals surface area contributed by atoms with Crippen LogP contribution in [-0.2, 0) is 6.54 Å². The molecule has 2 N–H and O–H groups in total. The van der Waals surface area contributed by atoms with E-state index in [-0.39, 0.29) is 13.0 Å². The Labute approximate surface area is 111 Å². The minimum atomic E-state index is -4.09. The van der Waals surface area contributed by atoms with Crippen molar-refractivity contribution in [2.75, 3.05) is 18.8 Å². The molecule has 0 radical (unpaired) electrons. The van der Waals surface area contributed by atoms with E-state index in [4.69, 9.17) is 5.73 Å². The van der Waals surface area contributed by atoms with Crippen LogP contribution in [0, 0.1) is 12.8 Å². The van der Waals surface area contributed by atoms with Gasteiger partial charge in [0.05, 0.1) is 5.92 Å². The van der Waals surface area contributed by atoms with Crippen LogP contribution in [-0.4, -0.2) is 24.2 Å². The third-order valence-corrected chi connectivity index (χ3v) is 3.66. The van der Waals surface area contributed by atoms with Gasteiger partial charge in [0.2, 0.25) is 0 Å². The molecule has 0 aliphatic carbocycles. The van der Waals surface area contributed by atoms with Crippen molar-refractivity contribution < 1.29 is 13.2 Å². The van der Waals surface area contributed by atoms with E-state index in [0.717, 1.165) is 11.1 Å². The van der Waals surface area contributed by atoms with E-state index in [9.17, 15) is 13.2 Å². The number of hydrogen-bond acceptors (Lipinski definition) is 2. The summed E-state index contributed by atoms with van der Waals surface area (Å²) in [7, 11) is 0. The zero-order valence-electron chi connectivity index (χ0n) is 11.0. The molecule has 1 heterocycles. The van der Waals surface area contributed by atoms with E-state index >= 15 is 0 Å². The minimum Gasteiger partial charge on any atom is -0.398 e. The maximum Gasteiger partial charge on any atom is 0.393 e. The standard InChI is InChI=1S/C14H19F3N2/c1-10-4-5-13(18)11(7-10)8-19-6-2-3-12(9-19)14(15,16)17/h4-5,7,12H,2-3,6,8-9,18H2,1H3. The number of nitrogen functional groups attached to an aromatic ring is 1. The first-order valence-electron chi connectivity index (χ1n) is 6.50. The van der Waals surface area contributed by atoms with Crippen LogP contribution in [0.3, 0.4) is 0 Å². The molecule has 1 fully saturated rings. The number of benzene rings is 1. The molecule has 1 unspecified atom stereocenters. The quantitative estimate of drug-likeness (QED) is 0.837. The van der Waals surface area contributed by atoms with Gasteiger partial charge in [0.15, 0.2) is 0 Å². The molecule has 1 atom stereocenters. The van der Waals surface area contributed by atoms with Crippen molar-refractivity contribution in [1.29, 1.82) is 0 Å². The smallest absolute Gasteiger partial charge is 0.393 e. The molecule has 1 aromatic rings. The number of aryl methyl sites for hydroxylation is 1. The van der Waals surface area contributed by atoms with Gasteiger partial charge in [0.25, 0.3) is 0 Å². The van der Waals surface area contributed by atoms with Gasteiger partial charge in [0.1, 0.15) is 0 Å². The third kappa shape index (κ3) is 3.62. The number of likely N-dealkylation sites (tertiary alicyclic amines) is 1. The van der Waals surface area contributed by atoms with Gasteiger partial charge in [0, 0.05) is 18.8 Å². The number of alkyl halides is 3. The molecule has 19 heavy (non-hydrogen) atoms. The second kappa shape index (κ2) is 5.41. The number of piperidine rings is 1. The minimum absolute atomic E-state index is 0.0802. The van der Waals surface area contributed by atoms with Crippen LogP contribution in [0.1, 0.15) is 24.0 Å². The molecule has 5 heteroatoms. The average Bonchev–Trinajstić information content (AvgIpc) is 2.33. The molecular weight excluding hydrogens is 253 g/mol. The fourth-order valence-electron chi connectivity index (χ4n) is 2.58. The lowest BCUT2D eigenvalue weighted by atomic mass is 9.97. The van der Waals surface area contributed by atoms with Crippen molar-refractivity contribution in [1.82, 2.24) is 4.90 Å². The fraction of sp³-hybridized carbons (Fsp3) is 0.571. The van der Waals surface area contributed by atoms with Crippen LogP contribution in [0.2, 0.25) is 0 Å². The number of rotatable bonds is 2. The van der Waals surface area contributed by atoms with Gasteiger partial charge < -0.3 is 5.73 Å². The Morgan fingerprint density at radius 2 is 2.11 bits per heavy atom. The van der Waals surface area contributed by atoms with E-state index < -0.39 is 12.1 Å². The summed E-state index contributed by atoms with van der Waals surface area (Å²) in [5, 5.41) is 0. The van der Waals surface area contributed by atoms with Crippen LogP contribution in [0.15, 0.2) is 18.2 Å². The number of nitrogens with two attached hydrogens (primary N) is 1. The van der Waals surface area contributed by atoms with Gasteiger partial charge in [-0.3, -0.25) is 4.90 Å². The maximum absolute atomic E-state index is 12.7. The molecular formula is C14H19F3N2. The Morgan fingerprint density at radius 1 is 1.37 bits per heavy atom. The highest BCUT2D eigenvalue weighted by Gasteiger charge is 2.41. The molecule has 0 saturated carbocycles. The summed E-state index contributed by atoms with van der Waals surface area (Å²) in [6, 6.07) is 5.68. The van der Waals surface area contributed by atoms with Gasteiger partial charge in [-0.15, -0.1) is 0 Å². The predicted octanol–water partition coefficient (Wildman–Crippen LogP) is 3.35. The largest absolute Gasteiger partial charge is 0.398 e. The molecule has 0 bridgehead atoms. The summed E-state index contributed by atoms with van der Waals surface area (Å²) >= 11 is 0. The molecule has 1 aliphatic heterocycles. The lowest BCUT2D eigenvalue weighted by molar-refractivity contribution is -0.187. The first-order valence-corrected chi connectivity index (χ1v) is 6.50. The Bertz CT molecular complexity index is 443. The van der Waals surface area contributed by atoms with Crippen molar-refractivity contribution in [3.8, 4) is 0 Å². The monoisotopic (exact) mass is 272 g/mol. The summed E-state index contributed by atoms with van der Waals surface area (Å²) in [5.74, 6) is -1.20. The van der Waals surface area contributed by atoms with Crippen molar-refractivity contribution in [2.24, 2.45) is 5.92 Å². The highest BCUT2D eigenvalue weighted by Crippen LogP contribution is 2.33. The second-order valence-corrected chi connectivity index (χ2v) is 5.32. The summed E-state index contributed by atoms with van der Waals surface area (Å²) < 4.78 is 38.2. The van der Waals surface area contributed by atoms with Crippen LogP contribution in [0.5, 0.6) is 0 Å². The van der Waals surface area contributed by atoms with E-state index in [1.54, 1.807) is 0 Å². The highest BCUT2D eigenvalue weighted by atomic mass is 19.4. The first kappa shape index (κ1) is 14.2. The average molecular weight is 272 g/mol. The first-order chi connectivity index (χ1) is 8.86. The van der Waals surface area contributed by atoms with Crippen LogP contribution >= 0.6 is 0 Å². The lowest BCUT2D eigenvalue weighted by Gasteiger charge is -2.34.